The standard InChI is InChI=1S/C18H19BrF3N3O3/c1-9(18(20,21)22)27-15-6-13(23-8-12(15)19)14(26)7-17(3,11-4-5-11)16-24-10(2)28-25-16/h6,8-9,11H,4-5,7H2,1-3H3/t9-,17?/m0/s1. The second-order valence-electron chi connectivity index (χ2n) is 7.23. The first-order valence-electron chi connectivity index (χ1n) is 8.73. The van der Waals surface area contributed by atoms with Crippen molar-refractivity contribution < 1.29 is 27.2 Å². The van der Waals surface area contributed by atoms with Crippen LogP contribution in [-0.4, -0.2) is 33.2 Å². The highest BCUT2D eigenvalue weighted by Crippen LogP contribution is 2.49. The fourth-order valence-corrected chi connectivity index (χ4v) is 3.31. The van der Waals surface area contributed by atoms with Crippen LogP contribution in [0.2, 0.25) is 0 Å². The number of alkyl halides is 3. The topological polar surface area (TPSA) is 78.1 Å². The van der Waals surface area contributed by atoms with Gasteiger partial charge in [-0.05, 0) is 41.6 Å². The van der Waals surface area contributed by atoms with Crippen molar-refractivity contribution in [2.45, 2.75) is 57.7 Å². The summed E-state index contributed by atoms with van der Waals surface area (Å²) in [5.41, 5.74) is -0.594. The van der Waals surface area contributed by atoms with Gasteiger partial charge in [-0.3, -0.25) is 9.78 Å². The van der Waals surface area contributed by atoms with Gasteiger partial charge in [0.15, 0.2) is 17.7 Å². The van der Waals surface area contributed by atoms with E-state index < -0.39 is 17.7 Å². The van der Waals surface area contributed by atoms with Crippen molar-refractivity contribution in [1.29, 1.82) is 0 Å². The molecule has 2 atom stereocenters. The second-order valence-corrected chi connectivity index (χ2v) is 8.08. The van der Waals surface area contributed by atoms with Crippen molar-refractivity contribution in [2.75, 3.05) is 0 Å². The van der Waals surface area contributed by atoms with E-state index in [0.717, 1.165) is 19.8 Å². The lowest BCUT2D eigenvalue weighted by molar-refractivity contribution is -0.189. The van der Waals surface area contributed by atoms with Gasteiger partial charge in [-0.25, -0.2) is 0 Å². The molecular formula is C18H19BrF3N3O3. The molecule has 1 aliphatic carbocycles. The number of aromatic nitrogens is 3. The number of pyridine rings is 1. The summed E-state index contributed by atoms with van der Waals surface area (Å²) in [7, 11) is 0. The Morgan fingerprint density at radius 2 is 2.11 bits per heavy atom. The molecule has 0 saturated heterocycles. The fraction of sp³-hybridized carbons (Fsp3) is 0.556. The summed E-state index contributed by atoms with van der Waals surface area (Å²) in [5, 5.41) is 3.98. The number of ether oxygens (including phenoxy) is 1. The number of carbonyl (C=O) groups is 1. The molecule has 2 heterocycles. The Kier molecular flexibility index (Phi) is 5.53. The first kappa shape index (κ1) is 20.8. The monoisotopic (exact) mass is 461 g/mol. The molecule has 0 bridgehead atoms. The second kappa shape index (κ2) is 7.46. The SMILES string of the molecule is Cc1nc(C(C)(CC(=O)c2cc(O[C@@H](C)C(F)(F)F)c(Br)cn2)C2CC2)no1. The van der Waals surface area contributed by atoms with Gasteiger partial charge in [0.25, 0.3) is 0 Å². The van der Waals surface area contributed by atoms with Crippen LogP contribution in [0, 0.1) is 12.8 Å². The normalized spacial score (nSPS) is 17.8. The van der Waals surface area contributed by atoms with Crippen LogP contribution in [0.15, 0.2) is 21.3 Å². The number of hydrogen-bond donors (Lipinski definition) is 0. The Hall–Kier alpha value is -1.97. The van der Waals surface area contributed by atoms with Crippen LogP contribution in [0.5, 0.6) is 5.75 Å². The third kappa shape index (κ3) is 4.37. The lowest BCUT2D eigenvalue weighted by atomic mass is 9.78. The van der Waals surface area contributed by atoms with E-state index in [1.807, 2.05) is 6.92 Å². The zero-order chi connectivity index (χ0) is 20.7. The molecule has 0 aliphatic heterocycles. The number of Topliss-reactive ketones (excluding diaryl/α,β-unsaturated/α-hetero) is 1. The summed E-state index contributed by atoms with van der Waals surface area (Å²) in [6.45, 7) is 4.47. The highest BCUT2D eigenvalue weighted by atomic mass is 79.9. The zero-order valence-corrected chi connectivity index (χ0v) is 17.1. The number of carbonyl (C=O) groups excluding carboxylic acids is 1. The summed E-state index contributed by atoms with van der Waals surface area (Å²) in [6, 6.07) is 1.23. The number of halogens is 4. The molecule has 1 aliphatic rings. The molecule has 0 aromatic carbocycles. The van der Waals surface area contributed by atoms with Gasteiger partial charge < -0.3 is 9.26 Å². The van der Waals surface area contributed by atoms with Gasteiger partial charge in [-0.1, -0.05) is 12.1 Å². The average Bonchev–Trinajstić information content (AvgIpc) is 3.37. The van der Waals surface area contributed by atoms with E-state index in [1.165, 1.54) is 12.3 Å². The summed E-state index contributed by atoms with van der Waals surface area (Å²) in [4.78, 5) is 21.2. The highest BCUT2D eigenvalue weighted by molar-refractivity contribution is 9.10. The molecule has 1 unspecified atom stereocenters. The van der Waals surface area contributed by atoms with Gasteiger partial charge in [0.05, 0.1) is 4.47 Å². The Morgan fingerprint density at radius 1 is 1.43 bits per heavy atom. The molecule has 1 fully saturated rings. The lowest BCUT2D eigenvalue weighted by Crippen LogP contribution is -2.31. The van der Waals surface area contributed by atoms with Crippen molar-refractivity contribution in [3.8, 4) is 5.75 Å². The molecule has 6 nitrogen and oxygen atoms in total. The van der Waals surface area contributed by atoms with Gasteiger partial charge >= 0.3 is 6.18 Å². The number of ketones is 1. The minimum Gasteiger partial charge on any atom is -0.480 e. The Bertz CT molecular complexity index is 882. The first-order valence-corrected chi connectivity index (χ1v) is 9.53. The summed E-state index contributed by atoms with van der Waals surface area (Å²) in [6.07, 6.45) is -3.31. The minimum absolute atomic E-state index is 0.0275. The van der Waals surface area contributed by atoms with E-state index in [-0.39, 0.29) is 34.0 Å². The molecule has 152 valence electrons. The smallest absolute Gasteiger partial charge is 0.425 e. The largest absolute Gasteiger partial charge is 0.480 e. The molecule has 3 rings (SSSR count). The van der Waals surface area contributed by atoms with E-state index in [2.05, 4.69) is 31.1 Å². The van der Waals surface area contributed by atoms with E-state index in [9.17, 15) is 18.0 Å². The van der Waals surface area contributed by atoms with Crippen molar-refractivity contribution in [1.82, 2.24) is 15.1 Å². The van der Waals surface area contributed by atoms with Crippen molar-refractivity contribution in [2.24, 2.45) is 5.92 Å². The first-order chi connectivity index (χ1) is 13.0. The predicted molar refractivity (Wildman–Crippen MR) is 96.1 cm³/mol. The van der Waals surface area contributed by atoms with Gasteiger partial charge in [0.2, 0.25) is 5.89 Å². The quantitative estimate of drug-likeness (QED) is 0.550. The van der Waals surface area contributed by atoms with Crippen molar-refractivity contribution in [3.05, 3.63) is 34.1 Å². The minimum atomic E-state index is -4.52. The van der Waals surface area contributed by atoms with Gasteiger partial charge in [0, 0.05) is 31.0 Å². The highest BCUT2D eigenvalue weighted by Gasteiger charge is 2.47. The van der Waals surface area contributed by atoms with E-state index in [1.54, 1.807) is 6.92 Å². The molecule has 0 radical (unpaired) electrons. The number of aryl methyl sites for hydroxylation is 1. The molecule has 0 spiro atoms. The zero-order valence-electron chi connectivity index (χ0n) is 15.5. The van der Waals surface area contributed by atoms with E-state index in [4.69, 9.17) is 9.26 Å². The van der Waals surface area contributed by atoms with Crippen molar-refractivity contribution in [3.63, 3.8) is 0 Å². The van der Waals surface area contributed by atoms with Crippen LogP contribution in [0.25, 0.3) is 0 Å². The van der Waals surface area contributed by atoms with Crippen LogP contribution in [0.4, 0.5) is 13.2 Å². The number of nitrogens with zero attached hydrogens (tertiary/aromatic N) is 3. The molecule has 1 saturated carbocycles. The van der Waals surface area contributed by atoms with E-state index >= 15 is 0 Å². The van der Waals surface area contributed by atoms with Crippen LogP contribution < -0.4 is 4.74 Å². The molecular weight excluding hydrogens is 443 g/mol. The molecule has 2 aromatic heterocycles. The third-order valence-corrected chi connectivity index (χ3v) is 5.51. The summed E-state index contributed by atoms with van der Waals surface area (Å²) < 4.78 is 48.6. The third-order valence-electron chi connectivity index (χ3n) is 4.92. The van der Waals surface area contributed by atoms with Crippen molar-refractivity contribution >= 4 is 21.7 Å². The maximum absolute atomic E-state index is 12.9. The fourth-order valence-electron chi connectivity index (χ4n) is 3.00. The van der Waals surface area contributed by atoms with Crippen LogP contribution in [0.3, 0.4) is 0 Å². The number of hydrogen-bond acceptors (Lipinski definition) is 6. The average molecular weight is 462 g/mol. The van der Waals surface area contributed by atoms with Gasteiger partial charge in [-0.2, -0.15) is 18.2 Å². The molecule has 0 amide bonds. The van der Waals surface area contributed by atoms with Crippen LogP contribution in [-0.2, 0) is 5.41 Å². The van der Waals surface area contributed by atoms with Gasteiger partial charge in [0.1, 0.15) is 11.4 Å². The predicted octanol–water partition coefficient (Wildman–Crippen LogP) is 4.81. The van der Waals surface area contributed by atoms with Gasteiger partial charge in [-0.15, -0.1) is 0 Å². The summed E-state index contributed by atoms with van der Waals surface area (Å²) in [5.74, 6) is 0.693. The van der Waals surface area contributed by atoms with E-state index in [0.29, 0.717) is 11.7 Å². The molecule has 2 aromatic rings. The maximum atomic E-state index is 12.9. The Labute approximate surface area is 168 Å². The van der Waals surface area contributed by atoms with Crippen LogP contribution >= 0.6 is 15.9 Å². The molecule has 0 N–H and O–H groups in total. The molecule has 28 heavy (non-hydrogen) atoms. The Balaban J connectivity index is 1.83. The number of rotatable bonds is 7. The lowest BCUT2D eigenvalue weighted by Gasteiger charge is -2.25. The molecule has 10 heteroatoms. The van der Waals surface area contributed by atoms with Crippen LogP contribution in [0.1, 0.15) is 55.3 Å². The Morgan fingerprint density at radius 3 is 2.64 bits per heavy atom. The summed E-state index contributed by atoms with van der Waals surface area (Å²) >= 11 is 3.11. The maximum Gasteiger partial charge on any atom is 0.425 e.